The van der Waals surface area contributed by atoms with Crippen LogP contribution < -0.4 is 0 Å². The van der Waals surface area contributed by atoms with E-state index in [9.17, 15) is 13.2 Å². The van der Waals surface area contributed by atoms with Gasteiger partial charge in [0.2, 0.25) is 0 Å². The molecule has 0 spiro atoms. The van der Waals surface area contributed by atoms with E-state index in [2.05, 4.69) is 0 Å². The van der Waals surface area contributed by atoms with E-state index >= 15 is 0 Å². The van der Waals surface area contributed by atoms with E-state index in [0.29, 0.717) is 17.4 Å². The molecule has 0 amide bonds. The first kappa shape index (κ1) is 10.4. The first-order chi connectivity index (χ1) is 6.14. The lowest BCUT2D eigenvalue weighted by atomic mass is 9.99. The molecule has 0 unspecified atom stereocenters. The zero-order chi connectivity index (χ0) is 9.73. The molecular weight excluding hydrogens is 188 g/mol. The van der Waals surface area contributed by atoms with Crippen LogP contribution in [0.25, 0.3) is 0 Å². The lowest BCUT2D eigenvalue weighted by Gasteiger charge is -2.20. The highest BCUT2D eigenvalue weighted by Gasteiger charge is 2.22. The summed E-state index contributed by atoms with van der Waals surface area (Å²) in [7, 11) is -2.74. The van der Waals surface area contributed by atoms with Gasteiger partial charge in [0.1, 0.15) is 16.1 Å². The summed E-state index contributed by atoms with van der Waals surface area (Å²) in [4.78, 5) is 9.97. The molecule has 1 saturated heterocycles. The molecule has 1 aliphatic rings. The van der Waals surface area contributed by atoms with Crippen LogP contribution in [-0.2, 0) is 14.6 Å². The second kappa shape index (κ2) is 4.56. The number of allylic oxidation sites excluding steroid dienone is 2. The summed E-state index contributed by atoms with van der Waals surface area (Å²) in [6.07, 6.45) is 6.35. The van der Waals surface area contributed by atoms with Crippen LogP contribution in [0.1, 0.15) is 19.3 Å². The summed E-state index contributed by atoms with van der Waals surface area (Å²) < 4.78 is 22.1. The Balaban J connectivity index is 2.33. The maximum Gasteiger partial charge on any atom is 0.150 e. The van der Waals surface area contributed by atoms with Gasteiger partial charge in [0.25, 0.3) is 0 Å². The Kier molecular flexibility index (Phi) is 3.66. The van der Waals surface area contributed by atoms with Crippen molar-refractivity contribution < 1.29 is 13.2 Å². The van der Waals surface area contributed by atoms with E-state index in [4.69, 9.17) is 0 Å². The zero-order valence-corrected chi connectivity index (χ0v) is 8.29. The summed E-state index contributed by atoms with van der Waals surface area (Å²) in [6, 6.07) is 0. The van der Waals surface area contributed by atoms with Gasteiger partial charge in [-0.3, -0.25) is 4.79 Å². The van der Waals surface area contributed by atoms with Crippen LogP contribution in [-0.4, -0.2) is 26.2 Å². The molecule has 0 N–H and O–H groups in total. The van der Waals surface area contributed by atoms with E-state index < -0.39 is 9.84 Å². The van der Waals surface area contributed by atoms with Crippen LogP contribution in [0.2, 0.25) is 0 Å². The summed E-state index contributed by atoms with van der Waals surface area (Å²) in [6.45, 7) is 0. The highest BCUT2D eigenvalue weighted by atomic mass is 32.2. The van der Waals surface area contributed by atoms with E-state index in [-0.39, 0.29) is 0 Å². The van der Waals surface area contributed by atoms with Gasteiger partial charge in [0.05, 0.1) is 11.5 Å². The van der Waals surface area contributed by atoms with Gasteiger partial charge in [-0.25, -0.2) is 8.42 Å². The van der Waals surface area contributed by atoms with Gasteiger partial charge in [-0.1, -0.05) is 6.08 Å². The van der Waals surface area contributed by atoms with Crippen molar-refractivity contribution in [3.63, 3.8) is 0 Å². The molecule has 0 aromatic rings. The summed E-state index contributed by atoms with van der Waals surface area (Å²) in [5, 5.41) is 0. The van der Waals surface area contributed by atoms with Crippen molar-refractivity contribution in [2.24, 2.45) is 5.92 Å². The van der Waals surface area contributed by atoms with E-state index in [1.165, 1.54) is 6.08 Å². The van der Waals surface area contributed by atoms with Crippen molar-refractivity contribution >= 4 is 16.1 Å². The predicted molar refractivity (Wildman–Crippen MR) is 51.2 cm³/mol. The number of sulfone groups is 1. The SMILES string of the molecule is O=C/C=C\CC1CCS(=O)(=O)CC1. The Morgan fingerprint density at radius 2 is 1.85 bits per heavy atom. The Labute approximate surface area is 78.8 Å². The van der Waals surface area contributed by atoms with Crippen LogP contribution in [0, 0.1) is 5.92 Å². The van der Waals surface area contributed by atoms with Crippen molar-refractivity contribution in [1.82, 2.24) is 0 Å². The number of carbonyl (C=O) groups excluding carboxylic acids is 1. The molecule has 4 heteroatoms. The third-order valence-corrected chi connectivity index (χ3v) is 4.07. The van der Waals surface area contributed by atoms with Crippen LogP contribution in [0.15, 0.2) is 12.2 Å². The smallest absolute Gasteiger partial charge is 0.150 e. The molecule has 0 atom stereocenters. The molecule has 0 aromatic heterocycles. The van der Waals surface area contributed by atoms with Gasteiger partial charge in [-0.15, -0.1) is 0 Å². The number of aldehydes is 1. The van der Waals surface area contributed by atoms with Crippen molar-refractivity contribution in [2.45, 2.75) is 19.3 Å². The highest BCUT2D eigenvalue weighted by molar-refractivity contribution is 7.91. The van der Waals surface area contributed by atoms with Crippen molar-refractivity contribution in [2.75, 3.05) is 11.5 Å². The van der Waals surface area contributed by atoms with Gasteiger partial charge >= 0.3 is 0 Å². The molecule has 0 bridgehead atoms. The molecule has 74 valence electrons. The van der Waals surface area contributed by atoms with Crippen LogP contribution in [0.5, 0.6) is 0 Å². The second-order valence-electron chi connectivity index (χ2n) is 3.40. The molecule has 1 fully saturated rings. The van der Waals surface area contributed by atoms with E-state index in [1.807, 2.05) is 6.08 Å². The minimum absolute atomic E-state index is 0.312. The normalized spacial score (nSPS) is 23.4. The number of hydrogen-bond donors (Lipinski definition) is 0. The number of carbonyl (C=O) groups is 1. The van der Waals surface area contributed by atoms with Gasteiger partial charge < -0.3 is 0 Å². The molecule has 0 radical (unpaired) electrons. The molecule has 0 saturated carbocycles. The van der Waals surface area contributed by atoms with Crippen LogP contribution >= 0.6 is 0 Å². The van der Waals surface area contributed by atoms with Crippen molar-refractivity contribution in [1.29, 1.82) is 0 Å². The van der Waals surface area contributed by atoms with Gasteiger partial charge in [-0.05, 0) is 31.3 Å². The van der Waals surface area contributed by atoms with Crippen LogP contribution in [0.3, 0.4) is 0 Å². The average Bonchev–Trinajstić information content (AvgIpc) is 2.08. The summed E-state index contributed by atoms with van der Waals surface area (Å²) in [5.41, 5.74) is 0. The minimum Gasteiger partial charge on any atom is -0.299 e. The molecule has 3 nitrogen and oxygen atoms in total. The summed E-state index contributed by atoms with van der Waals surface area (Å²) in [5.74, 6) is 1.07. The Morgan fingerprint density at radius 1 is 1.23 bits per heavy atom. The van der Waals surface area contributed by atoms with E-state index in [0.717, 1.165) is 25.5 Å². The zero-order valence-electron chi connectivity index (χ0n) is 7.48. The van der Waals surface area contributed by atoms with Crippen molar-refractivity contribution in [3.05, 3.63) is 12.2 Å². The first-order valence-electron chi connectivity index (χ1n) is 4.45. The first-order valence-corrected chi connectivity index (χ1v) is 6.27. The fraction of sp³-hybridized carbons (Fsp3) is 0.667. The maximum atomic E-state index is 11.1. The minimum atomic E-state index is -2.74. The Morgan fingerprint density at radius 3 is 2.38 bits per heavy atom. The monoisotopic (exact) mass is 202 g/mol. The average molecular weight is 202 g/mol. The quantitative estimate of drug-likeness (QED) is 0.506. The van der Waals surface area contributed by atoms with Gasteiger partial charge in [0, 0.05) is 0 Å². The Bertz CT molecular complexity index is 276. The van der Waals surface area contributed by atoms with Gasteiger partial charge in [0.15, 0.2) is 0 Å². The predicted octanol–water partition coefficient (Wildman–Crippen LogP) is 0.956. The van der Waals surface area contributed by atoms with Crippen LogP contribution in [0.4, 0.5) is 0 Å². The van der Waals surface area contributed by atoms with Gasteiger partial charge in [-0.2, -0.15) is 0 Å². The second-order valence-corrected chi connectivity index (χ2v) is 5.70. The van der Waals surface area contributed by atoms with E-state index in [1.54, 1.807) is 0 Å². The third kappa shape index (κ3) is 3.72. The molecule has 13 heavy (non-hydrogen) atoms. The Hall–Kier alpha value is -0.640. The molecular formula is C9H14O3S. The summed E-state index contributed by atoms with van der Waals surface area (Å²) >= 11 is 0. The molecule has 1 heterocycles. The van der Waals surface area contributed by atoms with Crippen molar-refractivity contribution in [3.8, 4) is 0 Å². The lowest BCUT2D eigenvalue weighted by Crippen LogP contribution is -2.22. The third-order valence-electron chi connectivity index (χ3n) is 2.36. The maximum absolute atomic E-state index is 11.1. The molecule has 0 aromatic carbocycles. The fourth-order valence-corrected chi connectivity index (χ4v) is 3.09. The molecule has 1 rings (SSSR count). The highest BCUT2D eigenvalue weighted by Crippen LogP contribution is 2.21. The largest absolute Gasteiger partial charge is 0.299 e. The molecule has 1 aliphatic heterocycles. The lowest BCUT2D eigenvalue weighted by molar-refractivity contribution is -0.104. The molecule has 0 aliphatic carbocycles. The standard InChI is InChI=1S/C9H14O3S/c10-6-2-1-3-9-4-7-13(11,12)8-5-9/h1-2,6,9H,3-5,7-8H2/b2-1-. The number of rotatable bonds is 3. The number of hydrogen-bond acceptors (Lipinski definition) is 3. The topological polar surface area (TPSA) is 51.2 Å². The fourth-order valence-electron chi connectivity index (χ4n) is 1.50.